The Morgan fingerprint density at radius 1 is 1.43 bits per heavy atom. The summed E-state index contributed by atoms with van der Waals surface area (Å²) in [6, 6.07) is 5.39. The van der Waals surface area contributed by atoms with E-state index in [4.69, 9.17) is 11.6 Å². The highest BCUT2D eigenvalue weighted by Gasteiger charge is 2.15. The highest BCUT2D eigenvalue weighted by Crippen LogP contribution is 2.25. The molecule has 2 rings (SSSR count). The summed E-state index contributed by atoms with van der Waals surface area (Å²) < 4.78 is 0.749. The number of carbonyl (C=O) groups is 1. The summed E-state index contributed by atoms with van der Waals surface area (Å²) in [6.45, 7) is 6.44. The zero-order chi connectivity index (χ0) is 15.2. The molecule has 0 unspecified atom stereocenters. The summed E-state index contributed by atoms with van der Waals surface area (Å²) in [7, 11) is 0. The van der Waals surface area contributed by atoms with Gasteiger partial charge >= 0.3 is 0 Å². The van der Waals surface area contributed by atoms with Gasteiger partial charge in [0.15, 0.2) is 0 Å². The topological polar surface area (TPSA) is 32.3 Å². The van der Waals surface area contributed by atoms with Crippen LogP contribution in [0.1, 0.15) is 36.5 Å². The van der Waals surface area contributed by atoms with Crippen LogP contribution in [0.3, 0.4) is 0 Å². The molecule has 1 aliphatic rings. The number of amides is 1. The molecule has 5 heteroatoms. The quantitative estimate of drug-likeness (QED) is 0.793. The van der Waals surface area contributed by atoms with Gasteiger partial charge in [-0.2, -0.15) is 0 Å². The van der Waals surface area contributed by atoms with E-state index in [1.54, 1.807) is 6.07 Å². The first-order valence-electron chi connectivity index (χ1n) is 7.52. The lowest BCUT2D eigenvalue weighted by Crippen LogP contribution is -2.35. The Morgan fingerprint density at radius 3 is 2.86 bits per heavy atom. The lowest BCUT2D eigenvalue weighted by molar-refractivity contribution is 0.0950. The monoisotopic (exact) mass is 372 g/mol. The minimum Gasteiger partial charge on any atom is -0.352 e. The molecule has 0 atom stereocenters. The lowest BCUT2D eigenvalue weighted by Gasteiger charge is -2.30. The van der Waals surface area contributed by atoms with E-state index >= 15 is 0 Å². The van der Waals surface area contributed by atoms with Gasteiger partial charge in [0.25, 0.3) is 5.91 Å². The maximum atomic E-state index is 12.1. The number of hydrogen-bond acceptors (Lipinski definition) is 2. The minimum absolute atomic E-state index is 0.103. The van der Waals surface area contributed by atoms with Gasteiger partial charge in [0.2, 0.25) is 0 Å². The Bertz CT molecular complexity index is 487. The number of nitrogens with one attached hydrogen (secondary N) is 1. The Balaban J connectivity index is 1.71. The molecule has 3 nitrogen and oxygen atoms in total. The fraction of sp³-hybridized carbons (Fsp3) is 0.562. The number of piperidine rings is 1. The number of likely N-dealkylation sites (tertiary alicyclic amines) is 1. The molecule has 0 radical (unpaired) electrons. The number of carbonyl (C=O) groups excluding carboxylic acids is 1. The van der Waals surface area contributed by atoms with Gasteiger partial charge in [-0.05, 0) is 72.9 Å². The van der Waals surface area contributed by atoms with Crippen molar-refractivity contribution in [3.05, 3.63) is 33.3 Å². The van der Waals surface area contributed by atoms with Gasteiger partial charge in [0.05, 0.1) is 10.6 Å². The fourth-order valence-corrected chi connectivity index (χ4v) is 3.14. The molecule has 1 amide bonds. The van der Waals surface area contributed by atoms with Gasteiger partial charge in [-0.1, -0.05) is 24.6 Å². The van der Waals surface area contributed by atoms with E-state index in [0.29, 0.717) is 17.1 Å². The van der Waals surface area contributed by atoms with Crippen molar-refractivity contribution in [2.75, 3.05) is 26.2 Å². The second kappa shape index (κ2) is 8.16. The number of hydrogen-bond donors (Lipinski definition) is 1. The summed E-state index contributed by atoms with van der Waals surface area (Å²) >= 11 is 9.45. The van der Waals surface area contributed by atoms with Crippen molar-refractivity contribution in [1.29, 1.82) is 0 Å². The summed E-state index contributed by atoms with van der Waals surface area (Å²) in [6.07, 6.45) is 3.56. The second-order valence-corrected chi connectivity index (χ2v) is 6.97. The van der Waals surface area contributed by atoms with Gasteiger partial charge in [0, 0.05) is 11.0 Å². The molecule has 0 spiro atoms. The number of rotatable bonds is 5. The van der Waals surface area contributed by atoms with Crippen LogP contribution in [0.5, 0.6) is 0 Å². The Morgan fingerprint density at radius 2 is 2.14 bits per heavy atom. The van der Waals surface area contributed by atoms with Crippen molar-refractivity contribution in [2.24, 2.45) is 5.92 Å². The van der Waals surface area contributed by atoms with Crippen LogP contribution < -0.4 is 5.32 Å². The normalized spacial score (nSPS) is 16.9. The van der Waals surface area contributed by atoms with Crippen LogP contribution in [0.2, 0.25) is 5.02 Å². The molecule has 1 aromatic rings. The maximum absolute atomic E-state index is 12.1. The highest BCUT2D eigenvalue weighted by molar-refractivity contribution is 9.10. The smallest absolute Gasteiger partial charge is 0.252 e. The Labute approximate surface area is 140 Å². The molecule has 1 saturated heterocycles. The molecule has 21 heavy (non-hydrogen) atoms. The first-order chi connectivity index (χ1) is 10.1. The second-order valence-electron chi connectivity index (χ2n) is 5.73. The molecule has 0 aromatic heterocycles. The summed E-state index contributed by atoms with van der Waals surface area (Å²) in [5, 5.41) is 3.42. The number of nitrogens with zero attached hydrogens (tertiary/aromatic N) is 1. The highest BCUT2D eigenvalue weighted by atomic mass is 79.9. The Hall–Kier alpha value is -0.580. The maximum Gasteiger partial charge on any atom is 0.252 e. The largest absolute Gasteiger partial charge is 0.352 e. The van der Waals surface area contributed by atoms with Crippen molar-refractivity contribution in [3.8, 4) is 0 Å². The van der Waals surface area contributed by atoms with E-state index in [2.05, 4.69) is 33.1 Å². The van der Waals surface area contributed by atoms with Gasteiger partial charge in [-0.3, -0.25) is 4.79 Å². The SMILES string of the molecule is CC1CCN(CCCNC(=O)c2cccc(Br)c2Cl)CC1. The van der Waals surface area contributed by atoms with Crippen LogP contribution in [-0.2, 0) is 0 Å². The summed E-state index contributed by atoms with van der Waals surface area (Å²) in [5.74, 6) is 0.758. The standard InChI is InChI=1S/C16H22BrClN2O/c1-12-6-10-20(11-7-12)9-3-8-19-16(21)13-4-2-5-14(17)15(13)18/h2,4-5,12H,3,6-11H2,1H3,(H,19,21). The summed E-state index contributed by atoms with van der Waals surface area (Å²) in [4.78, 5) is 14.6. The molecule has 1 aromatic carbocycles. The van der Waals surface area contributed by atoms with Gasteiger partial charge in [-0.15, -0.1) is 0 Å². The van der Waals surface area contributed by atoms with Crippen molar-refractivity contribution in [3.63, 3.8) is 0 Å². The molecule has 116 valence electrons. The molecule has 1 heterocycles. The van der Waals surface area contributed by atoms with E-state index < -0.39 is 0 Å². The molecule has 0 bridgehead atoms. The molecule has 1 aliphatic heterocycles. The van der Waals surface area contributed by atoms with Crippen molar-refractivity contribution in [1.82, 2.24) is 10.2 Å². The first-order valence-corrected chi connectivity index (χ1v) is 8.69. The molecule has 0 saturated carbocycles. The fourth-order valence-electron chi connectivity index (χ4n) is 2.56. The van der Waals surface area contributed by atoms with E-state index in [-0.39, 0.29) is 5.91 Å². The lowest BCUT2D eigenvalue weighted by atomic mass is 9.99. The molecular formula is C16H22BrClN2O. The van der Waals surface area contributed by atoms with Gasteiger partial charge in [-0.25, -0.2) is 0 Å². The van der Waals surface area contributed by atoms with E-state index in [1.165, 1.54) is 25.9 Å². The van der Waals surface area contributed by atoms with Crippen LogP contribution in [0.4, 0.5) is 0 Å². The third-order valence-corrected chi connectivity index (χ3v) is 5.31. The molecule has 1 fully saturated rings. The average molecular weight is 374 g/mol. The van der Waals surface area contributed by atoms with Gasteiger partial charge < -0.3 is 10.2 Å². The van der Waals surface area contributed by atoms with Gasteiger partial charge in [0.1, 0.15) is 0 Å². The minimum atomic E-state index is -0.103. The van der Waals surface area contributed by atoms with Crippen LogP contribution in [0, 0.1) is 5.92 Å². The van der Waals surface area contributed by atoms with Crippen molar-refractivity contribution < 1.29 is 4.79 Å². The average Bonchev–Trinajstić information content (AvgIpc) is 2.48. The number of halogens is 2. The van der Waals surface area contributed by atoms with Crippen molar-refractivity contribution in [2.45, 2.75) is 26.2 Å². The van der Waals surface area contributed by atoms with Crippen LogP contribution in [0.25, 0.3) is 0 Å². The van der Waals surface area contributed by atoms with Crippen LogP contribution >= 0.6 is 27.5 Å². The van der Waals surface area contributed by atoms with Crippen LogP contribution in [0.15, 0.2) is 22.7 Å². The zero-order valence-electron chi connectivity index (χ0n) is 12.4. The predicted octanol–water partition coefficient (Wildman–Crippen LogP) is 3.95. The van der Waals surface area contributed by atoms with E-state index in [0.717, 1.165) is 23.4 Å². The molecule has 1 N–H and O–H groups in total. The first kappa shape index (κ1) is 16.8. The summed E-state index contributed by atoms with van der Waals surface area (Å²) in [5.41, 5.74) is 0.526. The van der Waals surface area contributed by atoms with Crippen LogP contribution in [-0.4, -0.2) is 37.0 Å². The predicted molar refractivity (Wildman–Crippen MR) is 90.9 cm³/mol. The number of benzene rings is 1. The zero-order valence-corrected chi connectivity index (χ0v) is 14.7. The molecule has 0 aliphatic carbocycles. The molecular weight excluding hydrogens is 352 g/mol. The van der Waals surface area contributed by atoms with E-state index in [9.17, 15) is 4.79 Å². The van der Waals surface area contributed by atoms with Crippen molar-refractivity contribution >= 4 is 33.4 Å². The van der Waals surface area contributed by atoms with E-state index in [1.807, 2.05) is 12.1 Å². The third kappa shape index (κ3) is 4.97. The Kier molecular flexibility index (Phi) is 6.52. The third-order valence-electron chi connectivity index (χ3n) is 4.01.